The van der Waals surface area contributed by atoms with Crippen LogP contribution in [0, 0.1) is 43.4 Å². The first-order valence-corrected chi connectivity index (χ1v) is 9.67. The van der Waals surface area contributed by atoms with Crippen molar-refractivity contribution in [2.45, 2.75) is 27.7 Å². The summed E-state index contributed by atoms with van der Waals surface area (Å²) < 4.78 is 2.21. The molecule has 1 aliphatic rings. The number of anilines is 1. The number of aryl methyl sites for hydroxylation is 1. The van der Waals surface area contributed by atoms with Gasteiger partial charge in [-0.15, -0.1) is 0 Å². The quantitative estimate of drug-likeness (QED) is 0.657. The Balaban J connectivity index is 1.97. The molecule has 0 saturated carbocycles. The first kappa shape index (κ1) is 19.2. The molecule has 0 aliphatic heterocycles. The number of hydrogen-bond donors (Lipinski definition) is 1. The lowest BCUT2D eigenvalue weighted by molar-refractivity contribution is 0.964. The molecule has 0 amide bonds. The Hall–Kier alpha value is -4.09. The molecule has 2 heterocycles. The van der Waals surface area contributed by atoms with Crippen LogP contribution in [0.15, 0.2) is 42.0 Å². The third-order valence-electron chi connectivity index (χ3n) is 5.77. The second-order valence-corrected chi connectivity index (χ2v) is 7.50. The molecule has 0 atom stereocenters. The molecule has 146 valence electrons. The fourth-order valence-electron chi connectivity index (χ4n) is 4.26. The van der Waals surface area contributed by atoms with Crippen LogP contribution in [0.1, 0.15) is 46.3 Å². The Kier molecular flexibility index (Phi) is 4.53. The monoisotopic (exact) mass is 391 g/mol. The topological polar surface area (TPSA) is 91.4 Å². The smallest absolute Gasteiger partial charge is 0.142 e. The normalized spacial score (nSPS) is 14.0. The van der Waals surface area contributed by atoms with Crippen molar-refractivity contribution in [1.82, 2.24) is 9.55 Å². The molecule has 4 rings (SSSR count). The lowest BCUT2D eigenvalue weighted by atomic mass is 9.95. The van der Waals surface area contributed by atoms with Crippen molar-refractivity contribution in [2.75, 3.05) is 5.73 Å². The first-order valence-electron chi connectivity index (χ1n) is 9.67. The predicted octanol–water partition coefficient (Wildman–Crippen LogP) is 5.10. The minimum Gasteiger partial charge on any atom is -0.383 e. The second-order valence-electron chi connectivity index (χ2n) is 7.50. The van der Waals surface area contributed by atoms with E-state index < -0.39 is 0 Å². The van der Waals surface area contributed by atoms with Crippen molar-refractivity contribution < 1.29 is 0 Å². The number of pyridine rings is 1. The van der Waals surface area contributed by atoms with Gasteiger partial charge >= 0.3 is 0 Å². The maximum atomic E-state index is 9.74. The highest BCUT2D eigenvalue weighted by Crippen LogP contribution is 2.44. The number of benzene rings is 1. The van der Waals surface area contributed by atoms with Crippen LogP contribution < -0.4 is 5.73 Å². The van der Waals surface area contributed by atoms with Crippen molar-refractivity contribution in [3.8, 4) is 17.8 Å². The summed E-state index contributed by atoms with van der Waals surface area (Å²) in [6.45, 7) is 7.95. The van der Waals surface area contributed by atoms with Gasteiger partial charge < -0.3 is 10.3 Å². The van der Waals surface area contributed by atoms with E-state index in [-0.39, 0.29) is 5.82 Å². The molecule has 2 N–H and O–H groups in total. The summed E-state index contributed by atoms with van der Waals surface area (Å²) in [5.74, 6) is 0.165. The van der Waals surface area contributed by atoms with Gasteiger partial charge in [0.1, 0.15) is 18.0 Å². The maximum Gasteiger partial charge on any atom is 0.142 e. The molecule has 3 aromatic rings. The number of fused-ring (bicyclic) bond motifs is 1. The SMILES string of the molecule is CC1=C(C#N)c2nc(N)c(C#N)c(C)c2/C1=C/c1cc(C)n(-c2ccccc2)c1C. The molecule has 0 unspecified atom stereocenters. The average Bonchev–Trinajstić information content (AvgIpc) is 3.15. The summed E-state index contributed by atoms with van der Waals surface area (Å²) in [7, 11) is 0. The zero-order valence-corrected chi connectivity index (χ0v) is 17.4. The minimum absolute atomic E-state index is 0.165. The van der Waals surface area contributed by atoms with E-state index in [4.69, 9.17) is 5.73 Å². The van der Waals surface area contributed by atoms with Crippen molar-refractivity contribution >= 4 is 23.0 Å². The van der Waals surface area contributed by atoms with Gasteiger partial charge in [0.2, 0.25) is 0 Å². The molecule has 0 saturated heterocycles. The molecule has 0 bridgehead atoms. The van der Waals surface area contributed by atoms with Gasteiger partial charge in [0.25, 0.3) is 0 Å². The molecular formula is C25H21N5. The van der Waals surface area contributed by atoms with Gasteiger partial charge in [0, 0.05) is 22.6 Å². The van der Waals surface area contributed by atoms with Crippen molar-refractivity contribution in [3.05, 3.63) is 81.3 Å². The van der Waals surface area contributed by atoms with Crippen LogP contribution in [0.3, 0.4) is 0 Å². The maximum absolute atomic E-state index is 9.74. The van der Waals surface area contributed by atoms with E-state index in [9.17, 15) is 10.5 Å². The number of nitriles is 2. The van der Waals surface area contributed by atoms with Gasteiger partial charge in [-0.05, 0) is 74.2 Å². The van der Waals surface area contributed by atoms with Gasteiger partial charge in [0.15, 0.2) is 0 Å². The molecule has 30 heavy (non-hydrogen) atoms. The summed E-state index contributed by atoms with van der Waals surface area (Å²) in [6, 6.07) is 16.8. The van der Waals surface area contributed by atoms with Crippen molar-refractivity contribution in [1.29, 1.82) is 10.5 Å². The van der Waals surface area contributed by atoms with Crippen LogP contribution in [0.2, 0.25) is 0 Å². The number of nitrogen functional groups attached to an aromatic ring is 1. The van der Waals surface area contributed by atoms with Crippen LogP contribution >= 0.6 is 0 Å². The number of para-hydroxylation sites is 1. The summed E-state index contributed by atoms with van der Waals surface area (Å²) in [4.78, 5) is 4.40. The van der Waals surface area contributed by atoms with Gasteiger partial charge in [-0.1, -0.05) is 18.2 Å². The molecular weight excluding hydrogens is 370 g/mol. The van der Waals surface area contributed by atoms with E-state index in [1.807, 2.05) is 32.0 Å². The van der Waals surface area contributed by atoms with Crippen LogP contribution in [0.4, 0.5) is 5.82 Å². The number of rotatable bonds is 2. The van der Waals surface area contributed by atoms with Crippen LogP contribution in [0.25, 0.3) is 22.9 Å². The third-order valence-corrected chi connectivity index (χ3v) is 5.77. The number of hydrogen-bond acceptors (Lipinski definition) is 4. The molecule has 2 aromatic heterocycles. The number of aromatic nitrogens is 2. The van der Waals surface area contributed by atoms with Crippen molar-refractivity contribution in [3.63, 3.8) is 0 Å². The summed E-state index contributed by atoms with van der Waals surface area (Å²) >= 11 is 0. The summed E-state index contributed by atoms with van der Waals surface area (Å²) in [5, 5.41) is 19.3. The van der Waals surface area contributed by atoms with E-state index in [0.29, 0.717) is 16.8 Å². The predicted molar refractivity (Wildman–Crippen MR) is 119 cm³/mol. The van der Waals surface area contributed by atoms with Crippen LogP contribution in [-0.2, 0) is 0 Å². The van der Waals surface area contributed by atoms with E-state index in [1.54, 1.807) is 0 Å². The zero-order valence-electron chi connectivity index (χ0n) is 17.4. The highest BCUT2D eigenvalue weighted by Gasteiger charge is 2.30. The van der Waals surface area contributed by atoms with Gasteiger partial charge in [-0.3, -0.25) is 0 Å². The second kappa shape index (κ2) is 7.06. The van der Waals surface area contributed by atoms with Gasteiger partial charge in [-0.2, -0.15) is 10.5 Å². The highest BCUT2D eigenvalue weighted by molar-refractivity contribution is 6.08. The Morgan fingerprint density at radius 3 is 2.37 bits per heavy atom. The van der Waals surface area contributed by atoms with Gasteiger partial charge in [-0.25, -0.2) is 4.98 Å². The Bertz CT molecular complexity index is 1340. The highest BCUT2D eigenvalue weighted by atomic mass is 15.0. The standard InChI is InChI=1S/C25H21N5/c1-14-10-18(17(4)30(14)19-8-6-5-7-9-19)11-20-15(2)21(12-26)24-23(20)16(3)22(13-27)25(28)29-24/h5-11H,1-4H3,(H2,28,29)/b20-11+. The first-order chi connectivity index (χ1) is 14.4. The lowest BCUT2D eigenvalue weighted by Gasteiger charge is -2.11. The molecule has 0 spiro atoms. The van der Waals surface area contributed by atoms with E-state index in [1.165, 1.54) is 0 Å². The lowest BCUT2D eigenvalue weighted by Crippen LogP contribution is -2.03. The molecule has 5 nitrogen and oxygen atoms in total. The van der Waals surface area contributed by atoms with E-state index in [2.05, 4.69) is 59.8 Å². The molecule has 0 radical (unpaired) electrons. The van der Waals surface area contributed by atoms with E-state index >= 15 is 0 Å². The van der Waals surface area contributed by atoms with Crippen LogP contribution in [0.5, 0.6) is 0 Å². The average molecular weight is 391 g/mol. The Labute approximate surface area is 176 Å². The number of nitrogens with zero attached hydrogens (tertiary/aromatic N) is 4. The fourth-order valence-corrected chi connectivity index (χ4v) is 4.26. The molecule has 0 fully saturated rings. The molecule has 1 aromatic carbocycles. The Morgan fingerprint density at radius 1 is 1.03 bits per heavy atom. The van der Waals surface area contributed by atoms with Crippen molar-refractivity contribution in [2.24, 2.45) is 0 Å². The minimum atomic E-state index is 0.165. The zero-order chi connectivity index (χ0) is 21.6. The molecule has 5 heteroatoms. The number of nitrogens with two attached hydrogens (primary N) is 1. The van der Waals surface area contributed by atoms with E-state index in [0.717, 1.165) is 44.9 Å². The largest absolute Gasteiger partial charge is 0.383 e. The number of allylic oxidation sites excluding steroid dienone is 3. The fraction of sp³-hybridized carbons (Fsp3) is 0.160. The Morgan fingerprint density at radius 2 is 1.73 bits per heavy atom. The van der Waals surface area contributed by atoms with Crippen LogP contribution in [-0.4, -0.2) is 9.55 Å². The molecule has 1 aliphatic carbocycles. The third kappa shape index (κ3) is 2.72. The summed E-state index contributed by atoms with van der Waals surface area (Å²) in [6.07, 6.45) is 2.09. The van der Waals surface area contributed by atoms with Gasteiger partial charge in [0.05, 0.1) is 16.8 Å². The summed E-state index contributed by atoms with van der Waals surface area (Å²) in [5.41, 5.74) is 15.1.